The highest BCUT2D eigenvalue weighted by Gasteiger charge is 2.04. The molecule has 86 valence electrons. The van der Waals surface area contributed by atoms with Gasteiger partial charge < -0.3 is 0 Å². The smallest absolute Gasteiger partial charge is 0.0992 e. The SMILES string of the molecule is Cc1cc(-c2cc(C#N)cc(C#N)c2)ccc1Br. The van der Waals surface area contributed by atoms with E-state index in [1.165, 1.54) is 0 Å². The van der Waals surface area contributed by atoms with Gasteiger partial charge in [0.05, 0.1) is 23.3 Å². The van der Waals surface area contributed by atoms with Crippen molar-refractivity contribution in [3.05, 3.63) is 57.6 Å². The molecule has 0 radical (unpaired) electrons. The van der Waals surface area contributed by atoms with Crippen molar-refractivity contribution in [3.63, 3.8) is 0 Å². The van der Waals surface area contributed by atoms with Gasteiger partial charge in [-0.2, -0.15) is 10.5 Å². The molecule has 18 heavy (non-hydrogen) atoms. The lowest BCUT2D eigenvalue weighted by Gasteiger charge is -2.06. The Labute approximate surface area is 114 Å². The quantitative estimate of drug-likeness (QED) is 0.793. The Morgan fingerprint density at radius 2 is 1.50 bits per heavy atom. The van der Waals surface area contributed by atoms with Crippen LogP contribution >= 0.6 is 15.9 Å². The van der Waals surface area contributed by atoms with E-state index in [0.717, 1.165) is 21.2 Å². The third kappa shape index (κ3) is 2.42. The lowest BCUT2D eigenvalue weighted by atomic mass is 9.99. The highest BCUT2D eigenvalue weighted by molar-refractivity contribution is 9.10. The van der Waals surface area contributed by atoms with E-state index in [-0.39, 0.29) is 0 Å². The molecule has 0 bridgehead atoms. The number of nitriles is 2. The van der Waals surface area contributed by atoms with E-state index >= 15 is 0 Å². The van der Waals surface area contributed by atoms with Crippen LogP contribution in [0.1, 0.15) is 16.7 Å². The predicted octanol–water partition coefficient (Wildman–Crippen LogP) is 4.17. The summed E-state index contributed by atoms with van der Waals surface area (Å²) in [5.41, 5.74) is 4.02. The Hall–Kier alpha value is -2.10. The molecular formula is C15H9BrN2. The van der Waals surface area contributed by atoms with Crippen LogP contribution in [0.3, 0.4) is 0 Å². The average Bonchev–Trinajstić information content (AvgIpc) is 2.41. The fraction of sp³-hybridized carbons (Fsp3) is 0.0667. The number of rotatable bonds is 1. The zero-order valence-corrected chi connectivity index (χ0v) is 11.3. The molecule has 0 aromatic heterocycles. The fourth-order valence-corrected chi connectivity index (χ4v) is 1.99. The van der Waals surface area contributed by atoms with E-state index in [9.17, 15) is 0 Å². The van der Waals surface area contributed by atoms with Gasteiger partial charge >= 0.3 is 0 Å². The van der Waals surface area contributed by atoms with Gasteiger partial charge in [-0.1, -0.05) is 28.1 Å². The average molecular weight is 297 g/mol. The van der Waals surface area contributed by atoms with E-state index in [0.29, 0.717) is 11.1 Å². The summed E-state index contributed by atoms with van der Waals surface area (Å²) in [6.45, 7) is 2.01. The van der Waals surface area contributed by atoms with Crippen LogP contribution in [0.4, 0.5) is 0 Å². The largest absolute Gasteiger partial charge is 0.192 e. The minimum atomic E-state index is 0.504. The van der Waals surface area contributed by atoms with E-state index in [4.69, 9.17) is 10.5 Å². The second-order valence-electron chi connectivity index (χ2n) is 3.99. The maximum absolute atomic E-state index is 8.96. The molecule has 0 unspecified atom stereocenters. The molecule has 2 aromatic carbocycles. The molecule has 0 saturated heterocycles. The molecule has 0 N–H and O–H groups in total. The summed E-state index contributed by atoms with van der Waals surface area (Å²) < 4.78 is 1.04. The molecule has 0 aliphatic rings. The zero-order valence-electron chi connectivity index (χ0n) is 9.74. The van der Waals surface area contributed by atoms with E-state index in [1.54, 1.807) is 18.2 Å². The second kappa shape index (κ2) is 5.04. The first-order valence-corrected chi connectivity index (χ1v) is 6.15. The first-order chi connectivity index (χ1) is 8.63. The molecule has 0 heterocycles. The molecule has 0 amide bonds. The van der Waals surface area contributed by atoms with Crippen LogP contribution in [0.5, 0.6) is 0 Å². The molecule has 0 saturated carbocycles. The Morgan fingerprint density at radius 1 is 0.889 bits per heavy atom. The van der Waals surface area contributed by atoms with Crippen molar-refractivity contribution in [2.24, 2.45) is 0 Å². The molecule has 3 heteroatoms. The lowest BCUT2D eigenvalue weighted by molar-refractivity contribution is 1.41. The van der Waals surface area contributed by atoms with Crippen LogP contribution in [0.15, 0.2) is 40.9 Å². The summed E-state index contributed by atoms with van der Waals surface area (Å²) in [6.07, 6.45) is 0. The summed E-state index contributed by atoms with van der Waals surface area (Å²) in [5.74, 6) is 0. The van der Waals surface area contributed by atoms with Crippen molar-refractivity contribution in [2.45, 2.75) is 6.92 Å². The maximum Gasteiger partial charge on any atom is 0.0992 e. The van der Waals surface area contributed by atoms with Crippen LogP contribution in [0.25, 0.3) is 11.1 Å². The third-order valence-corrected chi connectivity index (χ3v) is 3.57. The molecular weight excluding hydrogens is 288 g/mol. The Bertz CT molecular complexity index is 658. The maximum atomic E-state index is 8.96. The first kappa shape index (κ1) is 12.4. The van der Waals surface area contributed by atoms with Gasteiger partial charge in [0.15, 0.2) is 0 Å². The van der Waals surface area contributed by atoms with Gasteiger partial charge in [-0.05, 0) is 47.9 Å². The zero-order chi connectivity index (χ0) is 13.1. The predicted molar refractivity (Wildman–Crippen MR) is 73.7 cm³/mol. The van der Waals surface area contributed by atoms with Crippen molar-refractivity contribution in [3.8, 4) is 23.3 Å². The van der Waals surface area contributed by atoms with Gasteiger partial charge in [-0.3, -0.25) is 0 Å². The number of nitrogens with zero attached hydrogens (tertiary/aromatic N) is 2. The number of hydrogen-bond acceptors (Lipinski definition) is 2. The molecule has 2 rings (SSSR count). The van der Waals surface area contributed by atoms with Gasteiger partial charge in [0.1, 0.15) is 0 Å². The summed E-state index contributed by atoms with van der Waals surface area (Å²) in [6, 6.07) is 15.3. The molecule has 2 nitrogen and oxygen atoms in total. The molecule has 0 spiro atoms. The van der Waals surface area contributed by atoms with E-state index in [1.807, 2.05) is 25.1 Å². The number of aryl methyl sites for hydroxylation is 1. The first-order valence-electron chi connectivity index (χ1n) is 5.36. The molecule has 0 aliphatic carbocycles. The lowest BCUT2D eigenvalue weighted by Crippen LogP contribution is -1.85. The normalized spacial score (nSPS) is 9.56. The van der Waals surface area contributed by atoms with Gasteiger partial charge in [-0.15, -0.1) is 0 Å². The topological polar surface area (TPSA) is 47.6 Å². The van der Waals surface area contributed by atoms with Crippen molar-refractivity contribution in [1.82, 2.24) is 0 Å². The van der Waals surface area contributed by atoms with Crippen molar-refractivity contribution in [1.29, 1.82) is 10.5 Å². The standard InChI is InChI=1S/C15H9BrN2/c1-10-4-13(2-3-15(10)16)14-6-11(8-17)5-12(7-14)9-18/h2-7H,1H3. The Balaban J connectivity index is 2.60. The Kier molecular flexibility index (Phi) is 3.46. The van der Waals surface area contributed by atoms with Crippen LogP contribution in [-0.2, 0) is 0 Å². The summed E-state index contributed by atoms with van der Waals surface area (Å²) in [7, 11) is 0. The molecule has 2 aromatic rings. The van der Waals surface area contributed by atoms with Gasteiger partial charge in [-0.25, -0.2) is 0 Å². The van der Waals surface area contributed by atoms with Gasteiger partial charge in [0.25, 0.3) is 0 Å². The highest BCUT2D eigenvalue weighted by atomic mass is 79.9. The summed E-state index contributed by atoms with van der Waals surface area (Å²) in [4.78, 5) is 0. The highest BCUT2D eigenvalue weighted by Crippen LogP contribution is 2.26. The molecule has 0 fully saturated rings. The second-order valence-corrected chi connectivity index (χ2v) is 4.84. The van der Waals surface area contributed by atoms with Crippen molar-refractivity contribution < 1.29 is 0 Å². The van der Waals surface area contributed by atoms with Crippen LogP contribution < -0.4 is 0 Å². The number of hydrogen-bond donors (Lipinski definition) is 0. The third-order valence-electron chi connectivity index (χ3n) is 2.68. The fourth-order valence-electron chi connectivity index (χ4n) is 1.75. The van der Waals surface area contributed by atoms with Crippen molar-refractivity contribution in [2.75, 3.05) is 0 Å². The van der Waals surface area contributed by atoms with Crippen LogP contribution in [-0.4, -0.2) is 0 Å². The minimum Gasteiger partial charge on any atom is -0.192 e. The number of benzene rings is 2. The minimum absolute atomic E-state index is 0.504. The van der Waals surface area contributed by atoms with Gasteiger partial charge in [0.2, 0.25) is 0 Å². The van der Waals surface area contributed by atoms with E-state index in [2.05, 4.69) is 28.1 Å². The molecule has 0 atom stereocenters. The van der Waals surface area contributed by atoms with E-state index < -0.39 is 0 Å². The summed E-state index contributed by atoms with van der Waals surface area (Å²) in [5, 5.41) is 17.9. The van der Waals surface area contributed by atoms with Crippen LogP contribution in [0, 0.1) is 29.6 Å². The van der Waals surface area contributed by atoms with Crippen LogP contribution in [0.2, 0.25) is 0 Å². The Morgan fingerprint density at radius 3 is 2.00 bits per heavy atom. The molecule has 0 aliphatic heterocycles. The van der Waals surface area contributed by atoms with Gasteiger partial charge in [0, 0.05) is 4.47 Å². The monoisotopic (exact) mass is 296 g/mol. The summed E-state index contributed by atoms with van der Waals surface area (Å²) >= 11 is 3.45. The van der Waals surface area contributed by atoms with Crippen molar-refractivity contribution >= 4 is 15.9 Å². The number of halogens is 1.